The van der Waals surface area contributed by atoms with Gasteiger partial charge in [-0.15, -0.1) is 0 Å². The van der Waals surface area contributed by atoms with Gasteiger partial charge in [0.25, 0.3) is 5.91 Å². The van der Waals surface area contributed by atoms with Crippen LogP contribution >= 0.6 is 11.6 Å². The highest BCUT2D eigenvalue weighted by molar-refractivity contribution is 6.37. The van der Waals surface area contributed by atoms with Gasteiger partial charge < -0.3 is 5.32 Å². The molecule has 7 nitrogen and oxygen atoms in total. The van der Waals surface area contributed by atoms with E-state index in [1.165, 1.54) is 12.8 Å². The Morgan fingerprint density at radius 2 is 2.18 bits per heavy atom. The Morgan fingerprint density at radius 3 is 2.79 bits per heavy atom. The maximum atomic E-state index is 13.5. The van der Waals surface area contributed by atoms with Crippen LogP contribution in [0.2, 0.25) is 5.02 Å². The Labute approximate surface area is 199 Å². The van der Waals surface area contributed by atoms with E-state index in [4.69, 9.17) is 21.4 Å². The smallest absolute Gasteiger partial charge is 0.260 e. The van der Waals surface area contributed by atoms with E-state index in [9.17, 15) is 4.79 Å². The summed E-state index contributed by atoms with van der Waals surface area (Å²) in [5, 5.41) is 3.87. The minimum absolute atomic E-state index is 0.140. The topological polar surface area (TPSA) is 78.3 Å². The molecule has 1 unspecified atom stereocenters. The summed E-state index contributed by atoms with van der Waals surface area (Å²) in [5.74, 6) is 1.67. The summed E-state index contributed by atoms with van der Waals surface area (Å²) in [6.45, 7) is 10.3. The summed E-state index contributed by atoms with van der Waals surface area (Å²) < 4.78 is 0. The molecule has 0 saturated heterocycles. The average molecular weight is 468 g/mol. The number of carbonyl (C=O) groups excluding carboxylic acids is 1. The fourth-order valence-corrected chi connectivity index (χ4v) is 4.64. The molecule has 0 bridgehead atoms. The Morgan fingerprint density at radius 1 is 1.42 bits per heavy atom. The Bertz CT molecular complexity index is 1080. The molecule has 0 radical (unpaired) electrons. The van der Waals surface area contributed by atoms with Crippen molar-refractivity contribution in [2.24, 2.45) is 9.98 Å². The number of carbonyl (C=O) groups is 1. The van der Waals surface area contributed by atoms with E-state index in [0.717, 1.165) is 24.0 Å². The summed E-state index contributed by atoms with van der Waals surface area (Å²) >= 11 is 6.63. The van der Waals surface area contributed by atoms with Gasteiger partial charge in [-0.2, -0.15) is 0 Å². The molecular weight excluding hydrogens is 438 g/mol. The third-order valence-corrected chi connectivity index (χ3v) is 6.37. The SMILES string of the molecule is C=C(/N=C1\C(=C/C)C=C(c2ccc(C3=NC(C)ON3)cc2Cl)C(=O)N1CC)NC1CCCC1. The van der Waals surface area contributed by atoms with Gasteiger partial charge in [0, 0.05) is 39.9 Å². The maximum absolute atomic E-state index is 13.5. The quantitative estimate of drug-likeness (QED) is 0.642. The first-order chi connectivity index (χ1) is 15.9. The van der Waals surface area contributed by atoms with E-state index < -0.39 is 0 Å². The van der Waals surface area contributed by atoms with E-state index in [1.807, 2.05) is 45.1 Å². The lowest BCUT2D eigenvalue weighted by atomic mass is 9.95. The average Bonchev–Trinajstić information content (AvgIpc) is 3.46. The van der Waals surface area contributed by atoms with E-state index >= 15 is 0 Å². The van der Waals surface area contributed by atoms with Gasteiger partial charge in [-0.05, 0) is 45.8 Å². The third kappa shape index (κ3) is 4.89. The summed E-state index contributed by atoms with van der Waals surface area (Å²) in [7, 11) is 0. The number of nitrogens with zero attached hydrogens (tertiary/aromatic N) is 3. The molecular formula is C25H30ClN5O2. The van der Waals surface area contributed by atoms with Gasteiger partial charge in [0.15, 0.2) is 12.1 Å². The number of hydrogen-bond donors (Lipinski definition) is 2. The number of allylic oxidation sites excluding steroid dienone is 1. The summed E-state index contributed by atoms with van der Waals surface area (Å²) in [5.41, 5.74) is 5.65. The Balaban J connectivity index is 1.65. The molecule has 2 N–H and O–H groups in total. The van der Waals surface area contributed by atoms with Crippen molar-refractivity contribution in [1.29, 1.82) is 0 Å². The van der Waals surface area contributed by atoms with Crippen LogP contribution in [0.5, 0.6) is 0 Å². The summed E-state index contributed by atoms with van der Waals surface area (Å²) in [6, 6.07) is 5.92. The van der Waals surface area contributed by atoms with Gasteiger partial charge in [-0.1, -0.05) is 49.2 Å². The van der Waals surface area contributed by atoms with Gasteiger partial charge in [0.05, 0.1) is 0 Å². The molecule has 1 aromatic carbocycles. The third-order valence-electron chi connectivity index (χ3n) is 6.05. The van der Waals surface area contributed by atoms with Crippen molar-refractivity contribution in [3.05, 3.63) is 64.5 Å². The molecule has 0 aromatic heterocycles. The maximum Gasteiger partial charge on any atom is 0.260 e. The van der Waals surface area contributed by atoms with Gasteiger partial charge in [-0.3, -0.25) is 9.69 Å². The van der Waals surface area contributed by atoms with Crippen LogP contribution in [0.4, 0.5) is 0 Å². The molecule has 0 spiro atoms. The number of amides is 1. The monoisotopic (exact) mass is 467 g/mol. The molecule has 2 heterocycles. The zero-order valence-corrected chi connectivity index (χ0v) is 20.1. The predicted molar refractivity (Wildman–Crippen MR) is 133 cm³/mol. The number of nitrogens with one attached hydrogen (secondary N) is 2. The minimum Gasteiger partial charge on any atom is -0.368 e. The first-order valence-electron chi connectivity index (χ1n) is 11.4. The lowest BCUT2D eigenvalue weighted by Gasteiger charge is -2.30. The zero-order chi connectivity index (χ0) is 23.5. The largest absolute Gasteiger partial charge is 0.368 e. The highest BCUT2D eigenvalue weighted by Gasteiger charge is 2.31. The number of likely N-dealkylation sites (N-methyl/N-ethyl adjacent to an activating group) is 1. The van der Waals surface area contributed by atoms with Crippen LogP contribution in [0.3, 0.4) is 0 Å². The number of halogens is 1. The molecule has 4 rings (SSSR count). The second-order valence-electron chi connectivity index (χ2n) is 8.35. The molecule has 2 aliphatic heterocycles. The van der Waals surface area contributed by atoms with Crippen molar-refractivity contribution in [2.75, 3.05) is 6.54 Å². The number of benzene rings is 1. The van der Waals surface area contributed by atoms with Crippen molar-refractivity contribution < 1.29 is 9.63 Å². The number of hydrogen-bond acceptors (Lipinski definition) is 6. The van der Waals surface area contributed by atoms with Crippen molar-refractivity contribution in [1.82, 2.24) is 15.7 Å². The zero-order valence-electron chi connectivity index (χ0n) is 19.3. The van der Waals surface area contributed by atoms with Crippen molar-refractivity contribution >= 4 is 34.8 Å². The molecule has 1 fully saturated rings. The van der Waals surface area contributed by atoms with E-state index in [2.05, 4.69) is 22.4 Å². The molecule has 33 heavy (non-hydrogen) atoms. The van der Waals surface area contributed by atoms with Gasteiger partial charge in [0.2, 0.25) is 0 Å². The lowest BCUT2D eigenvalue weighted by Crippen LogP contribution is -2.41. The number of aliphatic imine (C=N–C) groups is 2. The standard InChI is InChI=1S/C25H30ClN5O2/c1-5-17-13-21(20-12-11-18(14-22(20)26)23-29-16(4)33-30-23)25(32)31(6-2)24(17)28-15(3)27-19-9-7-8-10-19/h5,11-14,16,19,27H,3,6-10H2,1-2,4H3,(H,29,30)/b17-5-,28-24+. The van der Waals surface area contributed by atoms with Crippen molar-refractivity contribution in [3.63, 3.8) is 0 Å². The predicted octanol–water partition coefficient (Wildman–Crippen LogP) is 4.56. The van der Waals surface area contributed by atoms with Gasteiger partial charge in [0.1, 0.15) is 11.7 Å². The lowest BCUT2D eigenvalue weighted by molar-refractivity contribution is -0.121. The molecule has 1 saturated carbocycles. The molecule has 1 atom stereocenters. The highest BCUT2D eigenvalue weighted by atomic mass is 35.5. The fraction of sp³-hybridized carbons (Fsp3) is 0.400. The molecule has 174 valence electrons. The van der Waals surface area contributed by atoms with E-state index in [0.29, 0.717) is 46.2 Å². The molecule has 8 heteroatoms. The van der Waals surface area contributed by atoms with E-state index in [-0.39, 0.29) is 12.1 Å². The highest BCUT2D eigenvalue weighted by Crippen LogP contribution is 2.32. The van der Waals surface area contributed by atoms with Crippen LogP contribution in [0.1, 0.15) is 57.6 Å². The Hall–Kier alpha value is -2.90. The summed E-state index contributed by atoms with van der Waals surface area (Å²) in [6.07, 6.45) is 8.25. The number of amidine groups is 2. The van der Waals surface area contributed by atoms with Crippen molar-refractivity contribution in [2.45, 2.75) is 58.7 Å². The fourth-order valence-electron chi connectivity index (χ4n) is 4.36. The molecule has 1 aliphatic carbocycles. The first kappa shape index (κ1) is 23.3. The second kappa shape index (κ2) is 9.93. The van der Waals surface area contributed by atoms with Crippen LogP contribution in [0.15, 0.2) is 58.3 Å². The minimum atomic E-state index is -0.257. The van der Waals surface area contributed by atoms with Crippen LogP contribution < -0.4 is 10.8 Å². The Kier molecular flexibility index (Phi) is 7.00. The van der Waals surface area contributed by atoms with Crippen LogP contribution in [0, 0.1) is 0 Å². The van der Waals surface area contributed by atoms with Gasteiger partial charge in [-0.25, -0.2) is 20.3 Å². The van der Waals surface area contributed by atoms with Crippen LogP contribution in [0.25, 0.3) is 5.57 Å². The number of hydroxylamine groups is 1. The van der Waals surface area contributed by atoms with Crippen molar-refractivity contribution in [3.8, 4) is 0 Å². The second-order valence-corrected chi connectivity index (χ2v) is 8.76. The number of rotatable bonds is 6. The normalized spacial score (nSPS) is 23.7. The van der Waals surface area contributed by atoms with Crippen LogP contribution in [-0.4, -0.2) is 41.3 Å². The van der Waals surface area contributed by atoms with Gasteiger partial charge >= 0.3 is 0 Å². The van der Waals surface area contributed by atoms with E-state index in [1.54, 1.807) is 11.0 Å². The molecule has 1 amide bonds. The molecule has 1 aromatic rings. The first-order valence-corrected chi connectivity index (χ1v) is 11.8. The summed E-state index contributed by atoms with van der Waals surface area (Å²) in [4.78, 5) is 29.5. The molecule has 3 aliphatic rings. The van der Waals surface area contributed by atoms with Crippen LogP contribution in [-0.2, 0) is 9.63 Å².